The average Bonchev–Trinajstić information content (AvgIpc) is 2.34. The molecule has 72 valence electrons. The zero-order valence-corrected chi connectivity index (χ0v) is 9.55. The Morgan fingerprint density at radius 3 is 2.15 bits per heavy atom. The van der Waals surface area contributed by atoms with Crippen LogP contribution in [0.5, 0.6) is 0 Å². The Morgan fingerprint density at radius 1 is 1.31 bits per heavy atom. The molecule has 1 saturated heterocycles. The fraction of sp³-hybridized carbons (Fsp3) is 0.556. The molecule has 0 aliphatic carbocycles. The summed E-state index contributed by atoms with van der Waals surface area (Å²) in [6.07, 6.45) is 0. The van der Waals surface area contributed by atoms with Crippen molar-refractivity contribution in [1.29, 1.82) is 0 Å². The summed E-state index contributed by atoms with van der Waals surface area (Å²) >= 11 is 3.25. The highest BCUT2D eigenvalue weighted by Crippen LogP contribution is 2.43. The molecule has 0 aromatic rings. The van der Waals surface area contributed by atoms with Gasteiger partial charge in [0, 0.05) is 11.0 Å². The van der Waals surface area contributed by atoms with Crippen LogP contribution in [-0.2, 0) is 9.59 Å². The number of hydrogen-bond donors (Lipinski definition) is 0. The molecule has 0 N–H and O–H groups in total. The van der Waals surface area contributed by atoms with Crippen LogP contribution in [0.2, 0.25) is 0 Å². The van der Waals surface area contributed by atoms with Crippen LogP contribution in [0.3, 0.4) is 0 Å². The van der Waals surface area contributed by atoms with E-state index in [0.717, 1.165) is 9.99 Å². The van der Waals surface area contributed by atoms with Crippen LogP contribution in [0.15, 0.2) is 9.81 Å². The van der Waals surface area contributed by atoms with Gasteiger partial charge in [-0.05, 0) is 13.8 Å². The van der Waals surface area contributed by atoms with E-state index in [1.807, 2.05) is 0 Å². The fourth-order valence-electron chi connectivity index (χ4n) is 1.11. The first kappa shape index (κ1) is 10.9. The first-order chi connectivity index (χ1) is 6.02. The van der Waals surface area contributed by atoms with Gasteiger partial charge in [0.25, 0.3) is 0 Å². The first-order valence-corrected chi connectivity index (χ1v) is 5.94. The topological polar surface area (TPSA) is 34.1 Å². The molecule has 0 bridgehead atoms. The lowest BCUT2D eigenvalue weighted by molar-refractivity contribution is -0.119. The van der Waals surface area contributed by atoms with E-state index in [-0.39, 0.29) is 11.6 Å². The van der Waals surface area contributed by atoms with E-state index in [4.69, 9.17) is 0 Å². The number of carbonyl (C=O) groups excluding carboxylic acids is 2. The summed E-state index contributed by atoms with van der Waals surface area (Å²) in [7, 11) is 0. The Bertz CT molecular complexity index is 265. The maximum atomic E-state index is 11.2. The second kappa shape index (κ2) is 4.33. The van der Waals surface area contributed by atoms with E-state index in [0.29, 0.717) is 10.8 Å². The minimum absolute atomic E-state index is 0.114. The van der Waals surface area contributed by atoms with Crippen molar-refractivity contribution < 1.29 is 9.59 Å². The van der Waals surface area contributed by atoms with Gasteiger partial charge in [-0.25, -0.2) is 0 Å². The Kier molecular flexibility index (Phi) is 3.62. The molecule has 0 spiro atoms. The molecule has 0 saturated carbocycles. The number of ketones is 2. The Labute approximate surface area is 86.5 Å². The second-order valence-electron chi connectivity index (χ2n) is 3.01. The lowest BCUT2D eigenvalue weighted by Crippen LogP contribution is -2.07. The Balaban J connectivity index is 2.97. The summed E-state index contributed by atoms with van der Waals surface area (Å²) in [5.41, 5.74) is 0.388. The molecule has 1 aliphatic rings. The molecule has 13 heavy (non-hydrogen) atoms. The summed E-state index contributed by atoms with van der Waals surface area (Å²) in [5, 5.41) is 0.508. The van der Waals surface area contributed by atoms with Gasteiger partial charge < -0.3 is 0 Å². The third kappa shape index (κ3) is 2.61. The van der Waals surface area contributed by atoms with Crippen molar-refractivity contribution in [2.75, 3.05) is 5.75 Å². The number of Topliss-reactive ketones (excluding diaryl/α,β-unsaturated/α-hetero) is 2. The van der Waals surface area contributed by atoms with E-state index in [2.05, 4.69) is 6.92 Å². The molecule has 0 amide bonds. The van der Waals surface area contributed by atoms with Crippen molar-refractivity contribution in [3.63, 3.8) is 0 Å². The number of hydrogen-bond acceptors (Lipinski definition) is 4. The molecule has 0 aromatic heterocycles. The fourth-order valence-corrected chi connectivity index (χ4v) is 4.14. The molecule has 1 aliphatic heterocycles. The molecule has 2 nitrogen and oxygen atoms in total. The number of allylic oxidation sites excluding steroid dienone is 1. The maximum Gasteiger partial charge on any atom is 0.165 e. The molecular formula is C9H12O2S2. The summed E-state index contributed by atoms with van der Waals surface area (Å²) in [6.45, 7) is 5.00. The predicted molar refractivity (Wildman–Crippen MR) is 57.9 cm³/mol. The van der Waals surface area contributed by atoms with E-state index < -0.39 is 0 Å². The number of rotatable bonds is 2. The summed E-state index contributed by atoms with van der Waals surface area (Å²) in [4.78, 5) is 22.3. The van der Waals surface area contributed by atoms with Crippen LogP contribution in [0.1, 0.15) is 20.8 Å². The van der Waals surface area contributed by atoms with Crippen molar-refractivity contribution in [1.82, 2.24) is 0 Å². The van der Waals surface area contributed by atoms with Crippen molar-refractivity contribution >= 4 is 35.1 Å². The first-order valence-electron chi connectivity index (χ1n) is 4.08. The molecule has 4 heteroatoms. The zero-order valence-electron chi connectivity index (χ0n) is 7.92. The number of thioether (sulfide) groups is 2. The molecule has 1 heterocycles. The quantitative estimate of drug-likeness (QED) is 0.403. The van der Waals surface area contributed by atoms with Gasteiger partial charge in [0.2, 0.25) is 0 Å². The van der Waals surface area contributed by atoms with Crippen molar-refractivity contribution in [3.05, 3.63) is 9.81 Å². The van der Waals surface area contributed by atoms with Gasteiger partial charge >= 0.3 is 0 Å². The van der Waals surface area contributed by atoms with Crippen LogP contribution in [0, 0.1) is 0 Å². The molecule has 1 atom stereocenters. The van der Waals surface area contributed by atoms with Crippen LogP contribution in [-0.4, -0.2) is 22.6 Å². The van der Waals surface area contributed by atoms with Gasteiger partial charge in [-0.2, -0.15) is 0 Å². The predicted octanol–water partition coefficient (Wildman–Crippen LogP) is 2.24. The molecule has 0 radical (unpaired) electrons. The third-order valence-corrected chi connectivity index (χ3v) is 4.64. The van der Waals surface area contributed by atoms with Crippen molar-refractivity contribution in [3.8, 4) is 0 Å². The second-order valence-corrected chi connectivity index (χ2v) is 5.75. The molecule has 0 unspecified atom stereocenters. The van der Waals surface area contributed by atoms with E-state index in [1.165, 1.54) is 13.8 Å². The smallest absolute Gasteiger partial charge is 0.165 e. The zero-order chi connectivity index (χ0) is 10.0. The highest BCUT2D eigenvalue weighted by atomic mass is 32.2. The van der Waals surface area contributed by atoms with Crippen molar-refractivity contribution in [2.24, 2.45) is 0 Å². The average molecular weight is 216 g/mol. The Hall–Kier alpha value is -0.220. The summed E-state index contributed by atoms with van der Waals surface area (Å²) < 4.78 is 0.910. The molecule has 1 fully saturated rings. The maximum absolute atomic E-state index is 11.2. The van der Waals surface area contributed by atoms with Gasteiger partial charge in [0.1, 0.15) is 0 Å². The molecule has 1 rings (SSSR count). The Morgan fingerprint density at radius 2 is 1.85 bits per heavy atom. The van der Waals surface area contributed by atoms with E-state index in [1.54, 1.807) is 23.5 Å². The van der Waals surface area contributed by atoms with Crippen LogP contribution < -0.4 is 0 Å². The van der Waals surface area contributed by atoms with E-state index in [9.17, 15) is 9.59 Å². The monoisotopic (exact) mass is 216 g/mol. The SMILES string of the molecule is CC(=O)C(C(C)=O)=C1SC[C@@H](C)S1. The lowest BCUT2D eigenvalue weighted by Gasteiger charge is -2.02. The third-order valence-electron chi connectivity index (χ3n) is 1.67. The summed E-state index contributed by atoms with van der Waals surface area (Å²) in [5.74, 6) is 0.762. The van der Waals surface area contributed by atoms with Crippen molar-refractivity contribution in [2.45, 2.75) is 26.0 Å². The number of carbonyl (C=O) groups is 2. The van der Waals surface area contributed by atoms with Gasteiger partial charge in [0.05, 0.1) is 9.81 Å². The van der Waals surface area contributed by atoms with E-state index >= 15 is 0 Å². The minimum atomic E-state index is -0.114. The van der Waals surface area contributed by atoms with Gasteiger partial charge in [-0.3, -0.25) is 9.59 Å². The highest BCUT2D eigenvalue weighted by molar-refractivity contribution is 8.25. The van der Waals surface area contributed by atoms with Gasteiger partial charge in [-0.15, -0.1) is 23.5 Å². The van der Waals surface area contributed by atoms with Gasteiger partial charge in [-0.1, -0.05) is 6.92 Å². The van der Waals surface area contributed by atoms with Crippen LogP contribution in [0.25, 0.3) is 0 Å². The minimum Gasteiger partial charge on any atom is -0.294 e. The van der Waals surface area contributed by atoms with Gasteiger partial charge in [0.15, 0.2) is 11.6 Å². The van der Waals surface area contributed by atoms with Crippen LogP contribution in [0.4, 0.5) is 0 Å². The van der Waals surface area contributed by atoms with Crippen LogP contribution >= 0.6 is 23.5 Å². The largest absolute Gasteiger partial charge is 0.294 e. The standard InChI is InChI=1S/C9H12O2S2/c1-5-4-12-9(13-5)8(6(2)10)7(3)11/h5H,4H2,1-3H3/t5-/m1/s1. The highest BCUT2D eigenvalue weighted by Gasteiger charge is 2.24. The molecule has 0 aromatic carbocycles. The molecular weight excluding hydrogens is 204 g/mol. The summed E-state index contributed by atoms with van der Waals surface area (Å²) in [6, 6.07) is 0. The normalized spacial score (nSPS) is 21.8. The lowest BCUT2D eigenvalue weighted by atomic mass is 10.1.